The minimum Gasteiger partial charge on any atom is -0.476 e. The minimum atomic E-state index is -3.51. The zero-order valence-corrected chi connectivity index (χ0v) is 13.9. The maximum absolute atomic E-state index is 12.4. The second-order valence-electron chi connectivity index (χ2n) is 5.44. The normalized spacial score (nSPS) is 16.9. The number of rotatable bonds is 4. The average molecular weight is 347 g/mol. The molecule has 24 heavy (non-hydrogen) atoms. The Morgan fingerprint density at radius 2 is 2.00 bits per heavy atom. The van der Waals surface area contributed by atoms with Crippen molar-refractivity contribution in [3.05, 3.63) is 54.4 Å². The monoisotopic (exact) mass is 347 g/mol. The van der Waals surface area contributed by atoms with E-state index < -0.39 is 16.1 Å². The molecular formula is C16H17N3O4S. The molecule has 7 nitrogen and oxygen atoms in total. The van der Waals surface area contributed by atoms with E-state index in [1.807, 2.05) is 0 Å². The summed E-state index contributed by atoms with van der Waals surface area (Å²) in [6, 6.07) is 10.3. The highest BCUT2D eigenvalue weighted by molar-refractivity contribution is 7.92. The molecule has 1 aromatic heterocycles. The maximum Gasteiger partial charge on any atom is 0.263 e. The number of pyridine rings is 1. The van der Waals surface area contributed by atoms with Crippen molar-refractivity contribution in [2.24, 2.45) is 0 Å². The van der Waals surface area contributed by atoms with Gasteiger partial charge < -0.3 is 10.1 Å². The van der Waals surface area contributed by atoms with Gasteiger partial charge in [0.1, 0.15) is 5.75 Å². The van der Waals surface area contributed by atoms with Crippen molar-refractivity contribution < 1.29 is 17.9 Å². The first-order valence-corrected chi connectivity index (χ1v) is 9.20. The van der Waals surface area contributed by atoms with E-state index in [2.05, 4.69) is 10.3 Å². The van der Waals surface area contributed by atoms with E-state index in [9.17, 15) is 13.2 Å². The summed E-state index contributed by atoms with van der Waals surface area (Å²) in [5, 5.41) is 2.76. The number of nitrogens with zero attached hydrogens (tertiary/aromatic N) is 2. The summed E-state index contributed by atoms with van der Waals surface area (Å²) in [6.45, 7) is 0.264. The molecule has 0 spiro atoms. The molecule has 3 rings (SSSR count). The van der Waals surface area contributed by atoms with Gasteiger partial charge in [0.2, 0.25) is 10.0 Å². The van der Waals surface area contributed by atoms with Crippen LogP contribution in [0.5, 0.6) is 5.75 Å². The number of fused-ring (bicyclic) bond motifs is 1. The van der Waals surface area contributed by atoms with Crippen molar-refractivity contribution >= 4 is 21.6 Å². The van der Waals surface area contributed by atoms with Crippen molar-refractivity contribution in [1.29, 1.82) is 0 Å². The molecule has 0 bridgehead atoms. The topological polar surface area (TPSA) is 88.6 Å². The Hall–Kier alpha value is -2.61. The van der Waals surface area contributed by atoms with Crippen molar-refractivity contribution in [3.8, 4) is 5.75 Å². The van der Waals surface area contributed by atoms with Crippen LogP contribution in [0.1, 0.15) is 5.56 Å². The van der Waals surface area contributed by atoms with Crippen LogP contribution in [0.2, 0.25) is 0 Å². The van der Waals surface area contributed by atoms with Gasteiger partial charge >= 0.3 is 0 Å². The molecule has 8 heteroatoms. The van der Waals surface area contributed by atoms with Crippen LogP contribution in [0.15, 0.2) is 48.8 Å². The number of carbonyl (C=O) groups excluding carboxylic acids is 1. The molecule has 1 aromatic carbocycles. The molecule has 1 amide bonds. The summed E-state index contributed by atoms with van der Waals surface area (Å²) in [5.41, 5.74) is 1.34. The number of sulfonamides is 1. The number of hydrogen-bond donors (Lipinski definition) is 1. The highest BCUT2D eigenvalue weighted by Gasteiger charge is 2.34. The quantitative estimate of drug-likeness (QED) is 0.889. The molecule has 0 saturated heterocycles. The van der Waals surface area contributed by atoms with Crippen molar-refractivity contribution in [3.63, 3.8) is 0 Å². The molecule has 1 aliphatic heterocycles. The van der Waals surface area contributed by atoms with Gasteiger partial charge in [0.05, 0.1) is 18.5 Å². The van der Waals surface area contributed by atoms with Crippen LogP contribution in [0.3, 0.4) is 0 Å². The molecular weight excluding hydrogens is 330 g/mol. The fourth-order valence-corrected chi connectivity index (χ4v) is 3.37. The number of anilines is 1. The highest BCUT2D eigenvalue weighted by Crippen LogP contribution is 2.34. The lowest BCUT2D eigenvalue weighted by Gasteiger charge is -2.33. The van der Waals surface area contributed by atoms with Gasteiger partial charge in [-0.05, 0) is 29.8 Å². The number of para-hydroxylation sites is 2. The predicted molar refractivity (Wildman–Crippen MR) is 89.1 cm³/mol. The van der Waals surface area contributed by atoms with Gasteiger partial charge in [-0.2, -0.15) is 0 Å². The van der Waals surface area contributed by atoms with Crippen molar-refractivity contribution in [2.75, 3.05) is 17.1 Å². The lowest BCUT2D eigenvalue weighted by atomic mass is 10.2. The van der Waals surface area contributed by atoms with Gasteiger partial charge in [-0.1, -0.05) is 12.1 Å². The van der Waals surface area contributed by atoms with Crippen molar-refractivity contribution in [2.45, 2.75) is 12.6 Å². The molecule has 1 N–H and O–H groups in total. The summed E-state index contributed by atoms with van der Waals surface area (Å²) < 4.78 is 30.9. The summed E-state index contributed by atoms with van der Waals surface area (Å²) in [4.78, 5) is 16.3. The van der Waals surface area contributed by atoms with Crippen LogP contribution >= 0.6 is 0 Å². The molecule has 0 unspecified atom stereocenters. The first-order chi connectivity index (χ1) is 11.4. The van der Waals surface area contributed by atoms with Gasteiger partial charge in [-0.15, -0.1) is 0 Å². The second kappa shape index (κ2) is 6.48. The molecule has 0 aliphatic carbocycles. The molecule has 0 radical (unpaired) electrons. The minimum absolute atomic E-state index is 0.0575. The largest absolute Gasteiger partial charge is 0.476 e. The number of amides is 1. The number of ether oxygens (including phenoxy) is 1. The van der Waals surface area contributed by atoms with Gasteiger partial charge in [0.15, 0.2) is 6.10 Å². The smallest absolute Gasteiger partial charge is 0.263 e. The first kappa shape index (κ1) is 16.3. The number of carbonyl (C=O) groups is 1. The Kier molecular flexibility index (Phi) is 4.39. The van der Waals surface area contributed by atoms with Crippen LogP contribution in [0.4, 0.5) is 5.69 Å². The third kappa shape index (κ3) is 3.48. The third-order valence-corrected chi connectivity index (χ3v) is 4.79. The van der Waals surface area contributed by atoms with Gasteiger partial charge in [0.25, 0.3) is 5.91 Å². The van der Waals surface area contributed by atoms with Crippen LogP contribution in [-0.2, 0) is 21.4 Å². The molecule has 0 fully saturated rings. The average Bonchev–Trinajstić information content (AvgIpc) is 2.58. The maximum atomic E-state index is 12.4. The van der Waals surface area contributed by atoms with Gasteiger partial charge in [-0.3, -0.25) is 14.1 Å². The molecule has 2 heterocycles. The second-order valence-corrected chi connectivity index (χ2v) is 7.35. The van der Waals surface area contributed by atoms with Gasteiger partial charge in [0, 0.05) is 18.9 Å². The number of nitrogens with one attached hydrogen (secondary N) is 1. The standard InChI is InChI=1S/C16H17N3O4S/c1-24(21,22)19-11-15(23-14-5-3-2-4-13(14)19)16(20)18-10-12-6-8-17-9-7-12/h2-9,15H,10-11H2,1H3,(H,18,20)/t15-/m0/s1. The van der Waals surface area contributed by atoms with E-state index in [1.165, 1.54) is 4.31 Å². The van der Waals surface area contributed by atoms with E-state index in [-0.39, 0.29) is 12.5 Å². The molecule has 1 atom stereocenters. The number of hydrogen-bond acceptors (Lipinski definition) is 5. The number of benzene rings is 1. The Morgan fingerprint density at radius 1 is 1.29 bits per heavy atom. The fraction of sp³-hybridized carbons (Fsp3) is 0.250. The molecule has 2 aromatic rings. The summed E-state index contributed by atoms with van der Waals surface area (Å²) >= 11 is 0. The predicted octanol–water partition coefficient (Wildman–Crippen LogP) is 0.925. The first-order valence-electron chi connectivity index (χ1n) is 7.35. The van der Waals surface area contributed by atoms with E-state index in [0.717, 1.165) is 11.8 Å². The summed E-state index contributed by atoms with van der Waals surface area (Å²) in [5.74, 6) is 0.00759. The Balaban J connectivity index is 1.76. The Morgan fingerprint density at radius 3 is 2.71 bits per heavy atom. The molecule has 126 valence electrons. The summed E-state index contributed by atoms with van der Waals surface area (Å²) in [7, 11) is -3.51. The van der Waals surface area contributed by atoms with Crippen molar-refractivity contribution in [1.82, 2.24) is 10.3 Å². The highest BCUT2D eigenvalue weighted by atomic mass is 32.2. The van der Waals surface area contributed by atoms with E-state index >= 15 is 0 Å². The van der Waals surface area contributed by atoms with E-state index in [1.54, 1.807) is 48.8 Å². The van der Waals surface area contributed by atoms with Crippen LogP contribution in [0, 0.1) is 0 Å². The number of aromatic nitrogens is 1. The third-order valence-electron chi connectivity index (χ3n) is 3.64. The van der Waals surface area contributed by atoms with Gasteiger partial charge in [-0.25, -0.2) is 8.42 Å². The lowest BCUT2D eigenvalue weighted by molar-refractivity contribution is -0.127. The van der Waals surface area contributed by atoms with Crippen LogP contribution < -0.4 is 14.4 Å². The molecule has 1 aliphatic rings. The SMILES string of the molecule is CS(=O)(=O)N1C[C@@H](C(=O)NCc2ccncc2)Oc2ccccc21. The lowest BCUT2D eigenvalue weighted by Crippen LogP contribution is -2.50. The Labute approximate surface area is 140 Å². The Bertz CT molecular complexity index is 839. The zero-order chi connectivity index (χ0) is 17.2. The van der Waals surface area contributed by atoms with E-state index in [0.29, 0.717) is 18.0 Å². The van der Waals surface area contributed by atoms with Crippen LogP contribution in [-0.4, -0.2) is 38.2 Å². The van der Waals surface area contributed by atoms with Crippen LogP contribution in [0.25, 0.3) is 0 Å². The zero-order valence-electron chi connectivity index (χ0n) is 13.0. The molecule has 0 saturated carbocycles. The fourth-order valence-electron chi connectivity index (χ4n) is 2.46. The summed E-state index contributed by atoms with van der Waals surface area (Å²) in [6.07, 6.45) is 3.48. The van der Waals surface area contributed by atoms with E-state index in [4.69, 9.17) is 4.74 Å².